The average Bonchev–Trinajstić information content (AvgIpc) is 3.34. The molecule has 0 aliphatic heterocycles. The van der Waals surface area contributed by atoms with Crippen molar-refractivity contribution < 1.29 is 28.6 Å². The highest BCUT2D eigenvalue weighted by Gasteiger charge is 2.19. The zero-order valence-corrected chi connectivity index (χ0v) is 44.6. The molecule has 0 fully saturated rings. The summed E-state index contributed by atoms with van der Waals surface area (Å²) in [4.78, 5) is 38.1. The Morgan fingerprint density at radius 3 is 0.912 bits per heavy atom. The first-order chi connectivity index (χ1) is 33.5. The van der Waals surface area contributed by atoms with E-state index in [-0.39, 0.29) is 31.1 Å². The summed E-state index contributed by atoms with van der Waals surface area (Å²) in [6, 6.07) is 0. The number of carbonyl (C=O) groups is 3. The lowest BCUT2D eigenvalue weighted by molar-refractivity contribution is -0.167. The summed E-state index contributed by atoms with van der Waals surface area (Å²) in [6.07, 6.45) is 72.9. The standard InChI is InChI=1S/C62H106O6/c1-4-7-10-13-16-19-22-25-27-29-31-33-34-37-40-43-46-49-52-55-61(64)67-58-59(57-66-60(63)54-51-48-45-42-39-36-24-21-18-15-12-9-6-3)68-62(65)56-53-50-47-44-41-38-35-32-30-28-26-23-20-17-14-11-8-5-2/h9,12,15,18,21,23-24,26,28,30,32,35-36,39,59H,4-8,10-11,13-14,16-17,19-20,22,25,27,29,31,33-34,37-38,40-58H2,1-3H3/b12-9-,18-15-,24-21-,26-23-,30-28-,35-32-,39-36-. The molecule has 6 nitrogen and oxygen atoms in total. The molecule has 0 aliphatic carbocycles. The zero-order valence-electron chi connectivity index (χ0n) is 44.6. The first kappa shape index (κ1) is 64.6. The molecule has 0 saturated carbocycles. The van der Waals surface area contributed by atoms with Crippen molar-refractivity contribution in [3.8, 4) is 0 Å². The van der Waals surface area contributed by atoms with E-state index in [1.54, 1.807) is 0 Å². The van der Waals surface area contributed by atoms with Gasteiger partial charge in [0, 0.05) is 19.3 Å². The molecule has 0 saturated heterocycles. The van der Waals surface area contributed by atoms with Gasteiger partial charge in [0.1, 0.15) is 13.2 Å². The van der Waals surface area contributed by atoms with Gasteiger partial charge >= 0.3 is 17.9 Å². The number of rotatable bonds is 51. The van der Waals surface area contributed by atoms with Crippen LogP contribution in [0.5, 0.6) is 0 Å². The summed E-state index contributed by atoms with van der Waals surface area (Å²) < 4.78 is 16.8. The van der Waals surface area contributed by atoms with Gasteiger partial charge in [-0.2, -0.15) is 0 Å². The van der Waals surface area contributed by atoms with E-state index in [1.807, 2.05) is 30.4 Å². The Morgan fingerprint density at radius 2 is 0.574 bits per heavy atom. The van der Waals surface area contributed by atoms with E-state index in [1.165, 1.54) is 135 Å². The van der Waals surface area contributed by atoms with E-state index in [0.717, 1.165) is 96.3 Å². The fourth-order valence-corrected chi connectivity index (χ4v) is 7.98. The zero-order chi connectivity index (χ0) is 49.3. The molecule has 0 aromatic carbocycles. The van der Waals surface area contributed by atoms with Crippen molar-refractivity contribution in [2.75, 3.05) is 13.2 Å². The Hall–Kier alpha value is -3.41. The number of hydrogen-bond donors (Lipinski definition) is 0. The van der Waals surface area contributed by atoms with E-state index in [4.69, 9.17) is 14.2 Å². The summed E-state index contributed by atoms with van der Waals surface area (Å²) in [7, 11) is 0. The molecular formula is C62H106O6. The van der Waals surface area contributed by atoms with Gasteiger partial charge < -0.3 is 14.2 Å². The van der Waals surface area contributed by atoms with Crippen LogP contribution in [-0.4, -0.2) is 37.2 Å². The maximum atomic E-state index is 12.8. The molecule has 0 aliphatic rings. The molecule has 0 aromatic heterocycles. The predicted octanol–water partition coefficient (Wildman–Crippen LogP) is 19.2. The Balaban J connectivity index is 4.42. The molecule has 390 valence electrons. The Labute approximate surface area is 420 Å². The number of ether oxygens (including phenoxy) is 3. The van der Waals surface area contributed by atoms with Crippen LogP contribution < -0.4 is 0 Å². The molecule has 0 spiro atoms. The third-order valence-electron chi connectivity index (χ3n) is 12.3. The van der Waals surface area contributed by atoms with Gasteiger partial charge in [-0.05, 0) is 64.2 Å². The second-order valence-corrected chi connectivity index (χ2v) is 19.0. The molecule has 0 rings (SSSR count). The summed E-state index contributed by atoms with van der Waals surface area (Å²) in [5.41, 5.74) is 0. The van der Waals surface area contributed by atoms with Gasteiger partial charge in [-0.3, -0.25) is 14.4 Å². The number of esters is 3. The van der Waals surface area contributed by atoms with E-state index in [9.17, 15) is 14.4 Å². The molecular weight excluding hydrogens is 841 g/mol. The van der Waals surface area contributed by atoms with Crippen LogP contribution in [0.3, 0.4) is 0 Å². The van der Waals surface area contributed by atoms with Gasteiger partial charge in [-0.15, -0.1) is 0 Å². The first-order valence-electron chi connectivity index (χ1n) is 28.7. The van der Waals surface area contributed by atoms with Crippen LogP contribution in [0.2, 0.25) is 0 Å². The van der Waals surface area contributed by atoms with Crippen molar-refractivity contribution >= 4 is 17.9 Å². The average molecular weight is 948 g/mol. The molecule has 0 N–H and O–H groups in total. The quantitative estimate of drug-likeness (QED) is 0.0262. The van der Waals surface area contributed by atoms with Crippen molar-refractivity contribution in [1.29, 1.82) is 0 Å². The molecule has 6 heteroatoms. The fourth-order valence-electron chi connectivity index (χ4n) is 7.98. The minimum atomic E-state index is -0.803. The molecule has 0 amide bonds. The lowest BCUT2D eigenvalue weighted by atomic mass is 10.0. The van der Waals surface area contributed by atoms with Gasteiger partial charge in [-0.25, -0.2) is 0 Å². The molecule has 1 unspecified atom stereocenters. The van der Waals surface area contributed by atoms with Crippen LogP contribution in [0, 0.1) is 0 Å². The highest BCUT2D eigenvalue weighted by molar-refractivity contribution is 5.71. The highest BCUT2D eigenvalue weighted by Crippen LogP contribution is 2.16. The smallest absolute Gasteiger partial charge is 0.306 e. The van der Waals surface area contributed by atoms with E-state index < -0.39 is 6.10 Å². The summed E-state index contributed by atoms with van der Waals surface area (Å²) in [5.74, 6) is -0.950. The van der Waals surface area contributed by atoms with Gasteiger partial charge in [-0.1, -0.05) is 273 Å². The van der Waals surface area contributed by atoms with E-state index in [0.29, 0.717) is 19.3 Å². The van der Waals surface area contributed by atoms with Crippen LogP contribution in [0.1, 0.15) is 271 Å². The molecule has 0 aromatic rings. The molecule has 1 atom stereocenters. The van der Waals surface area contributed by atoms with Crippen molar-refractivity contribution in [3.05, 3.63) is 85.1 Å². The molecule has 0 bridgehead atoms. The third kappa shape index (κ3) is 53.5. The van der Waals surface area contributed by atoms with Crippen molar-refractivity contribution in [2.45, 2.75) is 277 Å². The normalized spacial score (nSPS) is 12.7. The van der Waals surface area contributed by atoms with Crippen LogP contribution in [0.15, 0.2) is 85.1 Å². The Kier molecular flexibility index (Phi) is 53.4. The van der Waals surface area contributed by atoms with Gasteiger partial charge in [0.05, 0.1) is 0 Å². The number of carbonyl (C=O) groups excluding carboxylic acids is 3. The largest absolute Gasteiger partial charge is 0.462 e. The maximum absolute atomic E-state index is 12.8. The topological polar surface area (TPSA) is 78.9 Å². The highest BCUT2D eigenvalue weighted by atomic mass is 16.6. The van der Waals surface area contributed by atoms with Gasteiger partial charge in [0.2, 0.25) is 0 Å². The lowest BCUT2D eigenvalue weighted by Gasteiger charge is -2.18. The summed E-state index contributed by atoms with van der Waals surface area (Å²) in [6.45, 7) is 6.45. The molecule has 68 heavy (non-hydrogen) atoms. The maximum Gasteiger partial charge on any atom is 0.306 e. The van der Waals surface area contributed by atoms with Gasteiger partial charge in [0.15, 0.2) is 6.10 Å². The van der Waals surface area contributed by atoms with Crippen molar-refractivity contribution in [3.63, 3.8) is 0 Å². The minimum Gasteiger partial charge on any atom is -0.462 e. The van der Waals surface area contributed by atoms with Crippen LogP contribution >= 0.6 is 0 Å². The van der Waals surface area contributed by atoms with Crippen LogP contribution in [-0.2, 0) is 28.6 Å². The van der Waals surface area contributed by atoms with Crippen molar-refractivity contribution in [1.82, 2.24) is 0 Å². The third-order valence-corrected chi connectivity index (χ3v) is 12.3. The Bertz CT molecular complexity index is 1320. The van der Waals surface area contributed by atoms with Crippen molar-refractivity contribution in [2.24, 2.45) is 0 Å². The van der Waals surface area contributed by atoms with E-state index >= 15 is 0 Å². The summed E-state index contributed by atoms with van der Waals surface area (Å²) in [5, 5.41) is 0. The second kappa shape index (κ2) is 56.2. The summed E-state index contributed by atoms with van der Waals surface area (Å²) >= 11 is 0. The van der Waals surface area contributed by atoms with Gasteiger partial charge in [0.25, 0.3) is 0 Å². The lowest BCUT2D eigenvalue weighted by Crippen LogP contribution is -2.30. The van der Waals surface area contributed by atoms with Crippen LogP contribution in [0.4, 0.5) is 0 Å². The SMILES string of the molecule is CC\C=C/C=C\C=C/C=C\CCCCCC(=O)OCC(COC(=O)CCCCCCCCCCCCCCCCCCCCC)OC(=O)CCCCCCC\C=C/C=C\C=C/CCCCCCC. The Morgan fingerprint density at radius 1 is 0.309 bits per heavy atom. The van der Waals surface area contributed by atoms with Crippen LogP contribution in [0.25, 0.3) is 0 Å². The number of allylic oxidation sites excluding steroid dienone is 14. The monoisotopic (exact) mass is 947 g/mol. The number of hydrogen-bond acceptors (Lipinski definition) is 6. The molecule has 0 heterocycles. The second-order valence-electron chi connectivity index (χ2n) is 19.0. The molecule has 0 radical (unpaired) electrons. The first-order valence-corrected chi connectivity index (χ1v) is 28.7. The van der Waals surface area contributed by atoms with E-state index in [2.05, 4.69) is 75.5 Å². The fraction of sp³-hybridized carbons (Fsp3) is 0.726. The minimum absolute atomic E-state index is 0.0961. The number of unbranched alkanes of at least 4 members (excludes halogenated alkanes) is 31. The predicted molar refractivity (Wildman–Crippen MR) is 293 cm³/mol.